The third-order valence-corrected chi connectivity index (χ3v) is 3.05. The molecule has 1 N–H and O–H groups in total. The van der Waals surface area contributed by atoms with Gasteiger partial charge in [-0.1, -0.05) is 23.5 Å². The molecule has 2 aromatic rings. The second kappa shape index (κ2) is 6.88. The molecule has 0 aliphatic heterocycles. The van der Waals surface area contributed by atoms with Crippen LogP contribution in [0.25, 0.3) is 6.08 Å². The van der Waals surface area contributed by atoms with Gasteiger partial charge >= 0.3 is 0 Å². The van der Waals surface area contributed by atoms with Gasteiger partial charge < -0.3 is 4.74 Å². The minimum Gasteiger partial charge on any atom is -0.377 e. The second-order valence-electron chi connectivity index (χ2n) is 3.81. The molecule has 0 atom stereocenters. The number of anilines is 1. The Morgan fingerprint density at radius 2 is 2.35 bits per heavy atom. The first-order valence-electron chi connectivity index (χ1n) is 5.73. The highest BCUT2D eigenvalue weighted by atomic mass is 32.1. The van der Waals surface area contributed by atoms with Crippen LogP contribution in [0.2, 0.25) is 0 Å². The molecule has 1 aromatic heterocycles. The predicted molar refractivity (Wildman–Crippen MR) is 74.7 cm³/mol. The SMILES string of the molecule is COCc1nnc(NC(=O)/C=C/c2cccc(F)c2)s1. The molecule has 1 aromatic carbocycles. The predicted octanol–water partition coefficient (Wildman–Crippen LogP) is 2.48. The van der Waals surface area contributed by atoms with Gasteiger partial charge in [0.1, 0.15) is 17.4 Å². The summed E-state index contributed by atoms with van der Waals surface area (Å²) in [6.07, 6.45) is 2.84. The van der Waals surface area contributed by atoms with Crippen molar-refractivity contribution in [3.63, 3.8) is 0 Å². The molecule has 0 radical (unpaired) electrons. The van der Waals surface area contributed by atoms with Crippen molar-refractivity contribution in [3.8, 4) is 0 Å². The van der Waals surface area contributed by atoms with E-state index in [4.69, 9.17) is 4.74 Å². The zero-order chi connectivity index (χ0) is 14.4. The number of nitrogens with one attached hydrogen (secondary N) is 1. The Bertz CT molecular complexity index is 628. The maximum absolute atomic E-state index is 13.0. The first-order valence-corrected chi connectivity index (χ1v) is 6.55. The molecule has 0 unspecified atom stereocenters. The topological polar surface area (TPSA) is 64.1 Å². The van der Waals surface area contributed by atoms with Gasteiger partial charge in [-0.2, -0.15) is 0 Å². The van der Waals surface area contributed by atoms with Gasteiger partial charge in [-0.25, -0.2) is 4.39 Å². The van der Waals surface area contributed by atoms with Crippen LogP contribution in [-0.4, -0.2) is 23.2 Å². The van der Waals surface area contributed by atoms with Crippen LogP contribution < -0.4 is 5.32 Å². The summed E-state index contributed by atoms with van der Waals surface area (Å²) in [5.41, 5.74) is 0.609. The smallest absolute Gasteiger partial charge is 0.250 e. The summed E-state index contributed by atoms with van der Waals surface area (Å²) in [5, 5.41) is 11.3. The number of hydrogen-bond donors (Lipinski definition) is 1. The van der Waals surface area contributed by atoms with E-state index < -0.39 is 0 Å². The van der Waals surface area contributed by atoms with Gasteiger partial charge in [0.15, 0.2) is 0 Å². The Labute approximate surface area is 119 Å². The van der Waals surface area contributed by atoms with E-state index in [1.165, 1.54) is 35.6 Å². The molecule has 7 heteroatoms. The summed E-state index contributed by atoms with van der Waals surface area (Å²) in [5.74, 6) is -0.699. The lowest BCUT2D eigenvalue weighted by Crippen LogP contribution is -2.07. The Hall–Kier alpha value is -2.12. The van der Waals surface area contributed by atoms with Crippen LogP contribution in [0.1, 0.15) is 10.6 Å². The first-order chi connectivity index (χ1) is 9.67. The van der Waals surface area contributed by atoms with Crippen LogP contribution in [-0.2, 0) is 16.1 Å². The van der Waals surface area contributed by atoms with Crippen molar-refractivity contribution < 1.29 is 13.9 Å². The lowest BCUT2D eigenvalue weighted by atomic mass is 10.2. The molecule has 0 saturated carbocycles. The number of benzene rings is 1. The summed E-state index contributed by atoms with van der Waals surface area (Å²) >= 11 is 1.24. The summed E-state index contributed by atoms with van der Waals surface area (Å²) < 4.78 is 17.9. The van der Waals surface area contributed by atoms with Crippen molar-refractivity contribution in [2.75, 3.05) is 12.4 Å². The Morgan fingerprint density at radius 3 is 3.10 bits per heavy atom. The van der Waals surface area contributed by atoms with Gasteiger partial charge in [0.25, 0.3) is 0 Å². The van der Waals surface area contributed by atoms with E-state index in [0.29, 0.717) is 22.3 Å². The molecule has 2 rings (SSSR count). The highest BCUT2D eigenvalue weighted by Gasteiger charge is 2.05. The van der Waals surface area contributed by atoms with Crippen LogP contribution in [0, 0.1) is 5.82 Å². The number of hydrogen-bond acceptors (Lipinski definition) is 5. The minimum absolute atomic E-state index is 0.346. The third-order valence-electron chi connectivity index (χ3n) is 2.24. The number of halogens is 1. The Kier molecular flexibility index (Phi) is 4.91. The largest absolute Gasteiger partial charge is 0.377 e. The van der Waals surface area contributed by atoms with Gasteiger partial charge in [0.05, 0.1) is 0 Å². The maximum Gasteiger partial charge on any atom is 0.250 e. The molecular weight excluding hydrogens is 281 g/mol. The lowest BCUT2D eigenvalue weighted by Gasteiger charge is -1.95. The van der Waals surface area contributed by atoms with Gasteiger partial charge in [-0.3, -0.25) is 10.1 Å². The molecule has 5 nitrogen and oxygen atoms in total. The monoisotopic (exact) mass is 293 g/mol. The Balaban J connectivity index is 1.94. The second-order valence-corrected chi connectivity index (χ2v) is 4.87. The van der Waals surface area contributed by atoms with E-state index in [2.05, 4.69) is 15.5 Å². The first kappa shape index (κ1) is 14.3. The highest BCUT2D eigenvalue weighted by Crippen LogP contribution is 2.15. The maximum atomic E-state index is 13.0. The van der Waals surface area contributed by atoms with Crippen molar-refractivity contribution in [3.05, 3.63) is 46.7 Å². The number of carbonyl (C=O) groups is 1. The van der Waals surface area contributed by atoms with Gasteiger partial charge in [-0.05, 0) is 23.8 Å². The molecule has 0 saturated heterocycles. The lowest BCUT2D eigenvalue weighted by molar-refractivity contribution is -0.111. The molecule has 1 heterocycles. The fraction of sp³-hybridized carbons (Fsp3) is 0.154. The molecular formula is C13H12FN3O2S. The van der Waals surface area contributed by atoms with E-state index in [-0.39, 0.29) is 11.7 Å². The van der Waals surface area contributed by atoms with E-state index in [1.807, 2.05) is 0 Å². The number of carbonyl (C=O) groups excluding carboxylic acids is 1. The molecule has 104 valence electrons. The Morgan fingerprint density at radius 1 is 1.50 bits per heavy atom. The number of methoxy groups -OCH3 is 1. The zero-order valence-electron chi connectivity index (χ0n) is 10.7. The third kappa shape index (κ3) is 4.22. The molecule has 0 fully saturated rings. The van der Waals surface area contributed by atoms with E-state index >= 15 is 0 Å². The highest BCUT2D eigenvalue weighted by molar-refractivity contribution is 7.15. The van der Waals surface area contributed by atoms with E-state index in [9.17, 15) is 9.18 Å². The minimum atomic E-state index is -0.352. The van der Waals surface area contributed by atoms with Crippen LogP contribution in [0.4, 0.5) is 9.52 Å². The number of rotatable bonds is 5. The summed E-state index contributed by atoms with van der Waals surface area (Å²) in [7, 11) is 1.56. The van der Waals surface area contributed by atoms with Crippen LogP contribution in [0.3, 0.4) is 0 Å². The fourth-order valence-corrected chi connectivity index (χ4v) is 2.13. The quantitative estimate of drug-likeness (QED) is 0.860. The standard InChI is InChI=1S/C13H12FN3O2S/c1-19-8-12-16-17-13(20-12)15-11(18)6-5-9-3-2-4-10(14)7-9/h2-7H,8H2,1H3,(H,15,17,18)/b6-5+. The number of nitrogens with zero attached hydrogens (tertiary/aromatic N) is 2. The van der Waals surface area contributed by atoms with Crippen LogP contribution in [0.5, 0.6) is 0 Å². The van der Waals surface area contributed by atoms with E-state index in [1.54, 1.807) is 19.2 Å². The molecule has 1 amide bonds. The van der Waals surface area contributed by atoms with Crippen LogP contribution in [0.15, 0.2) is 30.3 Å². The van der Waals surface area contributed by atoms with Crippen molar-refractivity contribution in [1.82, 2.24) is 10.2 Å². The number of ether oxygens (including phenoxy) is 1. The molecule has 0 aliphatic rings. The number of aromatic nitrogens is 2. The van der Waals surface area contributed by atoms with Crippen LogP contribution >= 0.6 is 11.3 Å². The van der Waals surface area contributed by atoms with Crippen molar-refractivity contribution in [1.29, 1.82) is 0 Å². The zero-order valence-corrected chi connectivity index (χ0v) is 11.5. The summed E-state index contributed by atoms with van der Waals surface area (Å²) in [4.78, 5) is 11.7. The molecule has 0 aliphatic carbocycles. The van der Waals surface area contributed by atoms with Crippen molar-refractivity contribution >= 4 is 28.5 Å². The summed E-state index contributed by atoms with van der Waals surface area (Å²) in [6, 6.07) is 5.96. The van der Waals surface area contributed by atoms with Gasteiger partial charge in [-0.15, -0.1) is 10.2 Å². The van der Waals surface area contributed by atoms with E-state index in [0.717, 1.165) is 0 Å². The normalized spacial score (nSPS) is 10.9. The van der Waals surface area contributed by atoms with Gasteiger partial charge in [0.2, 0.25) is 11.0 Å². The average Bonchev–Trinajstić information content (AvgIpc) is 2.84. The average molecular weight is 293 g/mol. The molecule has 20 heavy (non-hydrogen) atoms. The van der Waals surface area contributed by atoms with Crippen molar-refractivity contribution in [2.45, 2.75) is 6.61 Å². The number of amides is 1. The fourth-order valence-electron chi connectivity index (χ4n) is 1.42. The molecule has 0 bridgehead atoms. The van der Waals surface area contributed by atoms with Crippen molar-refractivity contribution in [2.24, 2.45) is 0 Å². The van der Waals surface area contributed by atoms with Gasteiger partial charge in [0, 0.05) is 13.2 Å². The summed E-state index contributed by atoms with van der Waals surface area (Å²) in [6.45, 7) is 0.354. The molecule has 0 spiro atoms.